The van der Waals surface area contributed by atoms with Gasteiger partial charge < -0.3 is 53.2 Å². The number of rotatable bonds is 10. The topological polar surface area (TPSA) is 217 Å². The third kappa shape index (κ3) is 17.7. The van der Waals surface area contributed by atoms with Crippen molar-refractivity contribution in [3.63, 3.8) is 0 Å². The van der Waals surface area contributed by atoms with Gasteiger partial charge in [0, 0.05) is 91.7 Å². The molecule has 1 aliphatic carbocycles. The number of aliphatic hydroxyl groups excluding tert-OH is 1. The van der Waals surface area contributed by atoms with Crippen molar-refractivity contribution < 1.29 is 72.1 Å². The predicted octanol–water partition coefficient (Wildman–Crippen LogP) is 6.59. The van der Waals surface area contributed by atoms with Gasteiger partial charge in [0.2, 0.25) is 5.79 Å². The number of amides is 2. The Hall–Kier alpha value is -4.14. The number of morpholine rings is 1. The van der Waals surface area contributed by atoms with Crippen LogP contribution in [0.4, 0.5) is 4.79 Å². The highest BCUT2D eigenvalue weighted by atomic mass is 16.6. The number of fused-ring (bicyclic) bond motifs is 3. The molecular formula is C59H93N3O15. The Morgan fingerprint density at radius 3 is 2.27 bits per heavy atom. The van der Waals surface area contributed by atoms with Crippen molar-refractivity contribution in [3.8, 4) is 0 Å². The molecular weight excluding hydrogens is 991 g/mol. The Bertz CT molecular complexity index is 2100. The van der Waals surface area contributed by atoms with Crippen LogP contribution in [0.5, 0.6) is 0 Å². The number of Topliss-reactive ketones (excluding diaryl/α,β-unsaturated/α-hetero) is 3. The highest BCUT2D eigenvalue weighted by molar-refractivity contribution is 6.39. The molecule has 5 rings (SSSR count). The first-order valence-electron chi connectivity index (χ1n) is 28.3. The summed E-state index contributed by atoms with van der Waals surface area (Å²) in [6.07, 6.45) is 10.4. The molecule has 434 valence electrons. The zero-order valence-corrected chi connectivity index (χ0v) is 48.0. The fourth-order valence-electron chi connectivity index (χ4n) is 11.7. The third-order valence-electron chi connectivity index (χ3n) is 16.9. The Labute approximate surface area is 458 Å². The van der Waals surface area contributed by atoms with Crippen LogP contribution in [0.15, 0.2) is 47.6 Å². The van der Waals surface area contributed by atoms with E-state index in [1.807, 2.05) is 58.1 Å². The van der Waals surface area contributed by atoms with Gasteiger partial charge in [-0.1, -0.05) is 71.1 Å². The lowest BCUT2D eigenvalue weighted by molar-refractivity contribution is -0.265. The average molecular weight is 1080 g/mol. The maximum absolute atomic E-state index is 14.6. The SMILES string of the molecule is CO[C@H]1C[C@@H]2CC[C@@H](C)[C@@](O)(O2)C(=O)C(=O)N2CCCC[C@H]2C(=O)O[C@H]([C@H](C)C[C@@H]2CC[C@@H](OC(=O)N(C)CCN3CCOCC3)[C@H](OC)C2)CC(=O)[C@H](C)/C=C(\C)[C@@H](O)[C@@H](OC)C(=O)[C@H](C)C[C@H](C)/C=C/C=CC=C1C. The number of cyclic esters (lactones) is 1. The minimum atomic E-state index is -2.45. The summed E-state index contributed by atoms with van der Waals surface area (Å²) in [6.45, 7) is 16.9. The van der Waals surface area contributed by atoms with E-state index < -0.39 is 102 Å². The van der Waals surface area contributed by atoms with Gasteiger partial charge in [-0.15, -0.1) is 0 Å². The average Bonchev–Trinajstić information content (AvgIpc) is 3.43. The van der Waals surface area contributed by atoms with E-state index in [-0.39, 0.29) is 42.8 Å². The van der Waals surface area contributed by atoms with Gasteiger partial charge in [0.1, 0.15) is 36.2 Å². The minimum absolute atomic E-state index is 0.00385. The van der Waals surface area contributed by atoms with Gasteiger partial charge in [0.15, 0.2) is 5.78 Å². The molecule has 2 bridgehead atoms. The summed E-state index contributed by atoms with van der Waals surface area (Å²) in [5, 5.41) is 23.6. The van der Waals surface area contributed by atoms with Crippen LogP contribution in [0.2, 0.25) is 0 Å². The molecule has 18 heteroatoms. The second-order valence-corrected chi connectivity index (χ2v) is 22.8. The van der Waals surface area contributed by atoms with E-state index >= 15 is 0 Å². The van der Waals surface area contributed by atoms with Crippen LogP contribution in [0.1, 0.15) is 126 Å². The van der Waals surface area contributed by atoms with E-state index in [1.54, 1.807) is 53.0 Å². The van der Waals surface area contributed by atoms with Crippen molar-refractivity contribution in [1.29, 1.82) is 0 Å². The lowest BCUT2D eigenvalue weighted by Gasteiger charge is -2.42. The standard InChI is InChI=1S/C59H93N3O15/c1-37-17-13-12-14-18-38(2)49(71-9)35-45-22-20-43(7)59(70,77-45)55(66)56(67)62-24-16-15-19-46(62)57(68)75-50(36-47(63)39(3)32-42(6)53(65)54(73-11)52(64)41(5)31-37)40(4)33-44-21-23-48(51(34-44)72-10)76-58(69)60(8)25-26-61-27-29-74-30-28-61/h12-14,17-18,32,37,39-41,43-46,48-51,53-54,65,70H,15-16,19-31,33-36H2,1-11H3/b14-12?,17-13+,38-18?,42-32+/t37-,39-,40-,41-,43-,44+,45+,46+,48-,49+,50+,51-,53-,54+,59-/m1/s1. The quantitative estimate of drug-likeness (QED) is 0.134. The zero-order valence-electron chi connectivity index (χ0n) is 48.0. The van der Waals surface area contributed by atoms with Crippen molar-refractivity contribution in [2.75, 3.05) is 74.3 Å². The fourth-order valence-corrected chi connectivity index (χ4v) is 11.7. The monoisotopic (exact) mass is 1080 g/mol. The Kier molecular flexibility index (Phi) is 25.2. The highest BCUT2D eigenvalue weighted by Gasteiger charge is 2.53. The molecule has 1 saturated carbocycles. The van der Waals surface area contributed by atoms with Gasteiger partial charge in [-0.3, -0.25) is 24.1 Å². The van der Waals surface area contributed by atoms with Crippen molar-refractivity contribution >= 4 is 35.3 Å². The van der Waals surface area contributed by atoms with E-state index in [4.69, 9.17) is 33.2 Å². The molecule has 0 aromatic carbocycles. The number of ether oxygens (including phenoxy) is 7. The Balaban J connectivity index is 1.40. The van der Waals surface area contributed by atoms with Crippen LogP contribution >= 0.6 is 0 Å². The van der Waals surface area contributed by atoms with Crippen LogP contribution in [0, 0.1) is 35.5 Å². The largest absolute Gasteiger partial charge is 0.460 e. The van der Waals surface area contributed by atoms with Gasteiger partial charge >= 0.3 is 12.1 Å². The number of piperidine rings is 1. The molecule has 15 atom stereocenters. The lowest BCUT2D eigenvalue weighted by atomic mass is 9.78. The number of hydrogen-bond donors (Lipinski definition) is 2. The van der Waals surface area contributed by atoms with Crippen molar-refractivity contribution in [2.24, 2.45) is 35.5 Å². The second-order valence-electron chi connectivity index (χ2n) is 22.8. The number of likely N-dealkylation sites (N-methyl/N-ethyl adjacent to an activating group) is 1. The summed E-state index contributed by atoms with van der Waals surface area (Å²) >= 11 is 0. The third-order valence-corrected chi connectivity index (χ3v) is 16.9. The highest BCUT2D eigenvalue weighted by Crippen LogP contribution is 2.38. The molecule has 4 aliphatic heterocycles. The molecule has 0 aromatic heterocycles. The van der Waals surface area contributed by atoms with Crippen LogP contribution in [0.25, 0.3) is 0 Å². The molecule has 3 saturated heterocycles. The maximum Gasteiger partial charge on any atom is 0.409 e. The molecule has 0 radical (unpaired) electrons. The zero-order chi connectivity index (χ0) is 56.6. The number of aliphatic hydroxyl groups is 2. The van der Waals surface area contributed by atoms with E-state index in [0.717, 1.165) is 18.7 Å². The molecule has 0 unspecified atom stereocenters. The fraction of sp³-hybridized carbons (Fsp3) is 0.763. The predicted molar refractivity (Wildman–Crippen MR) is 289 cm³/mol. The van der Waals surface area contributed by atoms with Gasteiger partial charge in [0.25, 0.3) is 11.7 Å². The number of methoxy groups -OCH3 is 3. The second kappa shape index (κ2) is 30.4. The number of carbonyl (C=O) groups is 6. The van der Waals surface area contributed by atoms with Gasteiger partial charge in [-0.2, -0.15) is 0 Å². The maximum atomic E-state index is 14.6. The Morgan fingerprint density at radius 1 is 0.857 bits per heavy atom. The number of hydrogen-bond acceptors (Lipinski definition) is 16. The molecule has 4 heterocycles. The van der Waals surface area contributed by atoms with Crippen molar-refractivity contribution in [2.45, 2.75) is 180 Å². The smallest absolute Gasteiger partial charge is 0.409 e. The first kappa shape index (κ1) is 63.7. The summed E-state index contributed by atoms with van der Waals surface area (Å²) in [7, 11) is 6.27. The summed E-state index contributed by atoms with van der Waals surface area (Å²) in [5.74, 6) is -8.29. The first-order chi connectivity index (χ1) is 36.6. The van der Waals surface area contributed by atoms with Crippen LogP contribution in [-0.2, 0) is 57.1 Å². The number of nitrogens with zero attached hydrogens (tertiary/aromatic N) is 3. The molecule has 5 aliphatic rings. The Morgan fingerprint density at radius 2 is 1.58 bits per heavy atom. The van der Waals surface area contributed by atoms with Crippen LogP contribution in [-0.4, -0.2) is 189 Å². The van der Waals surface area contributed by atoms with Crippen LogP contribution in [0.3, 0.4) is 0 Å². The van der Waals surface area contributed by atoms with E-state index in [9.17, 15) is 39.0 Å². The van der Waals surface area contributed by atoms with Crippen molar-refractivity contribution in [3.05, 3.63) is 47.6 Å². The summed E-state index contributed by atoms with van der Waals surface area (Å²) < 4.78 is 41.4. The minimum Gasteiger partial charge on any atom is -0.460 e. The number of allylic oxidation sites excluding steroid dienone is 6. The number of ketones is 3. The number of carbonyl (C=O) groups excluding carboxylic acids is 6. The van der Waals surface area contributed by atoms with E-state index in [1.165, 1.54) is 12.0 Å². The molecule has 0 spiro atoms. The molecule has 4 fully saturated rings. The normalized spacial score (nSPS) is 36.2. The first-order valence-corrected chi connectivity index (χ1v) is 28.3. The summed E-state index contributed by atoms with van der Waals surface area (Å²) in [4.78, 5) is 89.9. The van der Waals surface area contributed by atoms with E-state index in [2.05, 4.69) is 4.90 Å². The summed E-state index contributed by atoms with van der Waals surface area (Å²) in [5.41, 5.74) is 1.25. The van der Waals surface area contributed by atoms with Gasteiger partial charge in [-0.05, 0) is 107 Å². The van der Waals surface area contributed by atoms with E-state index in [0.29, 0.717) is 96.1 Å². The molecule has 0 aromatic rings. The van der Waals surface area contributed by atoms with Gasteiger partial charge in [0.05, 0.1) is 31.5 Å². The molecule has 2 N–H and O–H groups in total. The molecule has 18 nitrogen and oxygen atoms in total. The molecule has 77 heavy (non-hydrogen) atoms. The van der Waals surface area contributed by atoms with Gasteiger partial charge in [-0.25, -0.2) is 9.59 Å². The molecule has 2 amide bonds. The summed E-state index contributed by atoms with van der Waals surface area (Å²) in [6, 6.07) is -1.17. The van der Waals surface area contributed by atoms with Crippen LogP contribution < -0.4 is 0 Å². The lowest BCUT2D eigenvalue weighted by Crippen LogP contribution is -2.61. The number of esters is 1. The van der Waals surface area contributed by atoms with Crippen molar-refractivity contribution in [1.82, 2.24) is 14.7 Å².